The number of anilines is 1. The predicted octanol–water partition coefficient (Wildman–Crippen LogP) is 3.52. The summed E-state index contributed by atoms with van der Waals surface area (Å²) in [5.74, 6) is 2.54. The number of rotatable bonds is 8. The minimum atomic E-state index is -0.163. The van der Waals surface area contributed by atoms with E-state index in [0.717, 1.165) is 55.2 Å². The van der Waals surface area contributed by atoms with Gasteiger partial charge in [0.1, 0.15) is 23.4 Å². The molecule has 1 aliphatic heterocycles. The monoisotopic (exact) mass is 395 g/mol. The lowest BCUT2D eigenvalue weighted by Gasteiger charge is -2.19. The zero-order chi connectivity index (χ0) is 20.2. The maximum atomic E-state index is 12.0. The Hall–Kier alpha value is -2.76. The maximum Gasteiger partial charge on any atom is 0.227 e. The van der Waals surface area contributed by atoms with Crippen molar-refractivity contribution in [2.75, 3.05) is 24.5 Å². The molecule has 0 radical (unpaired) electrons. The molecule has 1 N–H and O–H groups in total. The molecule has 0 bridgehead atoms. The van der Waals surface area contributed by atoms with Crippen LogP contribution in [0, 0.1) is 0 Å². The quantitative estimate of drug-likeness (QED) is 0.741. The van der Waals surface area contributed by atoms with Gasteiger partial charge in [0.05, 0.1) is 24.8 Å². The van der Waals surface area contributed by atoms with Gasteiger partial charge in [-0.25, -0.2) is 4.98 Å². The molecular weight excluding hydrogens is 366 g/mol. The second kappa shape index (κ2) is 8.72. The smallest absolute Gasteiger partial charge is 0.227 e. The first-order valence-corrected chi connectivity index (χ1v) is 10.5. The first-order chi connectivity index (χ1) is 14.1. The molecule has 2 aromatic rings. The average Bonchev–Trinajstić information content (AvgIpc) is 3.44. The Morgan fingerprint density at radius 1 is 1.10 bits per heavy atom. The lowest BCUT2D eigenvalue weighted by Crippen LogP contribution is -2.27. The normalized spacial score (nSPS) is 19.7. The highest BCUT2D eigenvalue weighted by Gasteiger charge is 2.26. The number of benzene rings is 1. The van der Waals surface area contributed by atoms with Crippen LogP contribution in [0.15, 0.2) is 42.6 Å². The van der Waals surface area contributed by atoms with Crippen molar-refractivity contribution in [3.8, 4) is 11.5 Å². The van der Waals surface area contributed by atoms with Crippen LogP contribution in [0.2, 0.25) is 0 Å². The minimum Gasteiger partial charge on any atom is -0.489 e. The zero-order valence-corrected chi connectivity index (χ0v) is 17.1. The summed E-state index contributed by atoms with van der Waals surface area (Å²) in [4.78, 5) is 18.8. The molecular formula is C23H29N3O3. The lowest BCUT2D eigenvalue weighted by atomic mass is 10.0. The molecule has 2 atom stereocenters. The summed E-state index contributed by atoms with van der Waals surface area (Å²) in [6.07, 6.45) is 5.60. The van der Waals surface area contributed by atoms with Crippen LogP contribution in [-0.4, -0.2) is 42.7 Å². The number of nitrogens with one attached hydrogen (secondary N) is 1. The summed E-state index contributed by atoms with van der Waals surface area (Å²) in [7, 11) is 0. The summed E-state index contributed by atoms with van der Waals surface area (Å²) in [5.41, 5.74) is 0.994. The molecule has 154 valence electrons. The average molecular weight is 396 g/mol. The van der Waals surface area contributed by atoms with Crippen LogP contribution in [0.3, 0.4) is 0 Å². The number of carbonyl (C=O) groups excluding carboxylic acids is 1. The van der Waals surface area contributed by atoms with Crippen molar-refractivity contribution in [2.24, 2.45) is 0 Å². The molecule has 6 heteroatoms. The van der Waals surface area contributed by atoms with Crippen molar-refractivity contribution >= 4 is 11.7 Å². The Balaban J connectivity index is 1.29. The van der Waals surface area contributed by atoms with Crippen molar-refractivity contribution in [3.05, 3.63) is 48.2 Å². The lowest BCUT2D eigenvalue weighted by molar-refractivity contribution is -0.122. The Morgan fingerprint density at radius 3 is 2.48 bits per heavy atom. The van der Waals surface area contributed by atoms with Crippen LogP contribution in [0.25, 0.3) is 0 Å². The van der Waals surface area contributed by atoms with E-state index in [1.807, 2.05) is 56.4 Å². The van der Waals surface area contributed by atoms with Crippen LogP contribution >= 0.6 is 0 Å². The maximum absolute atomic E-state index is 12.0. The highest BCUT2D eigenvalue weighted by Crippen LogP contribution is 2.28. The number of likely N-dealkylation sites (N-methyl/N-ethyl adjacent to an activating group) is 1. The molecule has 29 heavy (non-hydrogen) atoms. The second-order valence-electron chi connectivity index (χ2n) is 7.83. The molecule has 1 saturated heterocycles. The highest BCUT2D eigenvalue weighted by atomic mass is 16.5. The standard InChI is InChI=1S/C23H29N3O3/c1-3-24-23(27)16(2)17-4-6-18(7-5-17)29-21-12-13-26(15-21)22-11-10-20(14-25-22)28-19-8-9-19/h4-7,10-11,14,16,19,21H,3,8-9,12-13,15H2,1-2H3,(H,24,27). The molecule has 2 fully saturated rings. The Morgan fingerprint density at radius 2 is 1.83 bits per heavy atom. The number of nitrogens with zero attached hydrogens (tertiary/aromatic N) is 2. The van der Waals surface area contributed by atoms with Gasteiger partial charge in [-0.05, 0) is 56.5 Å². The molecule has 1 aromatic heterocycles. The Labute approximate surface area is 172 Å². The fraction of sp³-hybridized carbons (Fsp3) is 0.478. The fourth-order valence-electron chi connectivity index (χ4n) is 3.55. The van der Waals surface area contributed by atoms with Gasteiger partial charge in [-0.1, -0.05) is 12.1 Å². The van der Waals surface area contributed by atoms with Crippen LogP contribution in [0.4, 0.5) is 5.82 Å². The SMILES string of the molecule is CCNC(=O)C(C)c1ccc(OC2CCN(c3ccc(OC4CC4)cn3)C2)cc1. The van der Waals surface area contributed by atoms with Crippen molar-refractivity contribution in [3.63, 3.8) is 0 Å². The van der Waals surface area contributed by atoms with Gasteiger partial charge in [-0.2, -0.15) is 0 Å². The van der Waals surface area contributed by atoms with Crippen LogP contribution in [0.1, 0.15) is 44.6 Å². The van der Waals surface area contributed by atoms with E-state index in [-0.39, 0.29) is 17.9 Å². The molecule has 2 aliphatic rings. The third-order valence-corrected chi connectivity index (χ3v) is 5.44. The second-order valence-corrected chi connectivity index (χ2v) is 7.83. The van der Waals surface area contributed by atoms with Crippen LogP contribution in [-0.2, 0) is 4.79 Å². The number of carbonyl (C=O) groups is 1. The van der Waals surface area contributed by atoms with Crippen molar-refractivity contribution in [1.29, 1.82) is 0 Å². The number of amides is 1. The number of pyridine rings is 1. The fourth-order valence-corrected chi connectivity index (χ4v) is 3.55. The predicted molar refractivity (Wildman–Crippen MR) is 113 cm³/mol. The molecule has 2 unspecified atom stereocenters. The topological polar surface area (TPSA) is 63.7 Å². The van der Waals surface area contributed by atoms with Crippen LogP contribution in [0.5, 0.6) is 11.5 Å². The molecule has 1 aliphatic carbocycles. The molecule has 1 aromatic carbocycles. The van der Waals surface area contributed by atoms with E-state index < -0.39 is 0 Å². The van der Waals surface area contributed by atoms with E-state index in [1.54, 1.807) is 0 Å². The van der Waals surface area contributed by atoms with Gasteiger partial charge in [-0.3, -0.25) is 4.79 Å². The van der Waals surface area contributed by atoms with Gasteiger partial charge in [0.25, 0.3) is 0 Å². The third kappa shape index (κ3) is 5.00. The summed E-state index contributed by atoms with van der Waals surface area (Å²) >= 11 is 0. The summed E-state index contributed by atoms with van der Waals surface area (Å²) in [6.45, 7) is 6.23. The molecule has 6 nitrogen and oxygen atoms in total. The minimum absolute atomic E-state index is 0.0497. The molecule has 4 rings (SSSR count). The van der Waals surface area contributed by atoms with E-state index in [4.69, 9.17) is 9.47 Å². The highest BCUT2D eigenvalue weighted by molar-refractivity contribution is 5.83. The van der Waals surface area contributed by atoms with E-state index in [0.29, 0.717) is 12.6 Å². The zero-order valence-electron chi connectivity index (χ0n) is 17.1. The molecule has 0 spiro atoms. The summed E-state index contributed by atoms with van der Waals surface area (Å²) in [5, 5.41) is 2.86. The third-order valence-electron chi connectivity index (χ3n) is 5.44. The molecule has 1 saturated carbocycles. The van der Waals surface area contributed by atoms with E-state index >= 15 is 0 Å². The van der Waals surface area contributed by atoms with Gasteiger partial charge in [0.2, 0.25) is 5.91 Å². The van der Waals surface area contributed by atoms with Crippen molar-refractivity contribution in [1.82, 2.24) is 10.3 Å². The van der Waals surface area contributed by atoms with Crippen molar-refractivity contribution < 1.29 is 14.3 Å². The number of ether oxygens (including phenoxy) is 2. The first-order valence-electron chi connectivity index (χ1n) is 10.5. The number of hydrogen-bond donors (Lipinski definition) is 1. The van der Waals surface area contributed by atoms with Gasteiger partial charge in [0.15, 0.2) is 0 Å². The van der Waals surface area contributed by atoms with Crippen molar-refractivity contribution in [2.45, 2.75) is 51.2 Å². The molecule has 1 amide bonds. The largest absolute Gasteiger partial charge is 0.489 e. The van der Waals surface area contributed by atoms with E-state index in [2.05, 4.69) is 15.2 Å². The van der Waals surface area contributed by atoms with E-state index in [1.165, 1.54) is 0 Å². The van der Waals surface area contributed by atoms with Gasteiger partial charge in [-0.15, -0.1) is 0 Å². The Bertz CT molecular complexity index is 818. The summed E-state index contributed by atoms with van der Waals surface area (Å²) in [6, 6.07) is 11.9. The van der Waals surface area contributed by atoms with Crippen LogP contribution < -0.4 is 19.7 Å². The first kappa shape index (κ1) is 19.6. The van der Waals surface area contributed by atoms with Gasteiger partial charge < -0.3 is 19.7 Å². The van der Waals surface area contributed by atoms with E-state index in [9.17, 15) is 4.79 Å². The van der Waals surface area contributed by atoms with Gasteiger partial charge in [0, 0.05) is 19.5 Å². The Kier molecular flexibility index (Phi) is 5.88. The van der Waals surface area contributed by atoms with Gasteiger partial charge >= 0.3 is 0 Å². The number of aromatic nitrogens is 1. The number of hydrogen-bond acceptors (Lipinski definition) is 5. The summed E-state index contributed by atoms with van der Waals surface area (Å²) < 4.78 is 11.9. The molecule has 2 heterocycles.